The molecule has 8 heteroatoms. The van der Waals surface area contributed by atoms with E-state index in [4.69, 9.17) is 0 Å². The Bertz CT molecular complexity index is 704. The summed E-state index contributed by atoms with van der Waals surface area (Å²) in [5, 5.41) is 24.2. The van der Waals surface area contributed by atoms with Crippen LogP contribution in [0.5, 0.6) is 5.75 Å². The Balaban J connectivity index is 2.07. The molecule has 1 aromatic carbocycles. The predicted octanol–water partition coefficient (Wildman–Crippen LogP) is 2.89. The van der Waals surface area contributed by atoms with Gasteiger partial charge in [-0.2, -0.15) is 23.3 Å². The maximum atomic E-state index is 13.7. The number of aromatic hydroxyl groups is 1. The van der Waals surface area contributed by atoms with E-state index in [0.717, 1.165) is 0 Å². The van der Waals surface area contributed by atoms with E-state index in [2.05, 4.69) is 5.10 Å². The Morgan fingerprint density at radius 1 is 1.38 bits per heavy atom. The Hall–Kier alpha value is -2.09. The Kier molecular flexibility index (Phi) is 3.82. The fraction of sp³-hybridized carbons (Fsp3) is 0.500. The molecule has 0 aromatic heterocycles. The molecular formula is C16H17F3N2O3. The number of nitrogens with zero attached hydrogens (tertiary/aromatic N) is 2. The first-order chi connectivity index (χ1) is 11.2. The summed E-state index contributed by atoms with van der Waals surface area (Å²) in [5.41, 5.74) is -3.55. The number of hydrogen-bond donors (Lipinski definition) is 2. The van der Waals surface area contributed by atoms with Crippen molar-refractivity contribution in [3.8, 4) is 5.75 Å². The summed E-state index contributed by atoms with van der Waals surface area (Å²) < 4.78 is 41.1. The summed E-state index contributed by atoms with van der Waals surface area (Å²) in [6, 6.07) is 5.24. The Morgan fingerprint density at radius 2 is 2.04 bits per heavy atom. The van der Waals surface area contributed by atoms with Crippen LogP contribution in [0.2, 0.25) is 0 Å². The van der Waals surface area contributed by atoms with Crippen LogP contribution in [0.3, 0.4) is 0 Å². The maximum Gasteiger partial charge on any atom is 0.439 e. The van der Waals surface area contributed by atoms with Crippen LogP contribution < -0.4 is 0 Å². The lowest BCUT2D eigenvalue weighted by Gasteiger charge is -2.39. The number of para-hydroxylation sites is 1. The lowest BCUT2D eigenvalue weighted by molar-refractivity contribution is -0.313. The summed E-state index contributed by atoms with van der Waals surface area (Å²) >= 11 is 0. The van der Waals surface area contributed by atoms with Gasteiger partial charge in [0.25, 0.3) is 11.6 Å². The molecule has 1 fully saturated rings. The van der Waals surface area contributed by atoms with Gasteiger partial charge < -0.3 is 10.2 Å². The number of carbonyl (C=O) groups is 1. The van der Waals surface area contributed by atoms with Crippen LogP contribution in [0.4, 0.5) is 13.2 Å². The molecule has 1 heterocycles. The Morgan fingerprint density at radius 3 is 2.67 bits per heavy atom. The fourth-order valence-corrected chi connectivity index (χ4v) is 3.38. The number of carbonyl (C=O) groups excluding carboxylic acids is 1. The van der Waals surface area contributed by atoms with Gasteiger partial charge in [-0.25, -0.2) is 0 Å². The van der Waals surface area contributed by atoms with Gasteiger partial charge >= 0.3 is 6.18 Å². The third-order valence-electron chi connectivity index (χ3n) is 4.71. The van der Waals surface area contributed by atoms with Crippen LogP contribution in [0.25, 0.3) is 0 Å². The average molecular weight is 342 g/mol. The zero-order chi connectivity index (χ0) is 17.7. The van der Waals surface area contributed by atoms with E-state index in [1.54, 1.807) is 6.92 Å². The first-order valence-corrected chi connectivity index (χ1v) is 7.65. The fourth-order valence-electron chi connectivity index (χ4n) is 3.38. The third-order valence-corrected chi connectivity index (χ3v) is 4.71. The molecule has 2 aliphatic rings. The molecule has 1 aliphatic carbocycles. The van der Waals surface area contributed by atoms with E-state index >= 15 is 0 Å². The summed E-state index contributed by atoms with van der Waals surface area (Å²) in [4.78, 5) is 12.6. The van der Waals surface area contributed by atoms with Crippen LogP contribution in [0, 0.1) is 11.8 Å². The maximum absolute atomic E-state index is 13.7. The van der Waals surface area contributed by atoms with Crippen molar-refractivity contribution in [3.63, 3.8) is 0 Å². The van der Waals surface area contributed by atoms with Gasteiger partial charge in [0.2, 0.25) is 0 Å². The lowest BCUT2D eigenvalue weighted by Crippen LogP contribution is -2.61. The van der Waals surface area contributed by atoms with Gasteiger partial charge in [0, 0.05) is 5.71 Å². The largest absolute Gasteiger partial charge is 0.507 e. The van der Waals surface area contributed by atoms with Crippen molar-refractivity contribution >= 4 is 11.6 Å². The molecule has 1 saturated carbocycles. The minimum absolute atomic E-state index is 0.0111. The molecule has 0 bridgehead atoms. The second kappa shape index (κ2) is 5.47. The zero-order valence-electron chi connectivity index (χ0n) is 12.9. The Labute approximate surface area is 136 Å². The molecule has 0 radical (unpaired) electrons. The van der Waals surface area contributed by atoms with Crippen LogP contribution in [-0.4, -0.2) is 38.7 Å². The van der Waals surface area contributed by atoms with E-state index < -0.39 is 29.5 Å². The molecule has 5 nitrogen and oxygen atoms in total. The molecular weight excluding hydrogens is 325 g/mol. The standard InChI is InChI=1S/C16H17F3N2O3/c1-9-6-7-12-11(8-9)15(24,16(17,18)19)21(20-12)14(23)10-4-2-3-5-13(10)22/h2-5,9,11,22,24H,6-8H2,1H3/t9-,11-,15-/m1/s1. The van der Waals surface area contributed by atoms with Crippen molar-refractivity contribution in [2.75, 3.05) is 0 Å². The quantitative estimate of drug-likeness (QED) is 0.824. The monoisotopic (exact) mass is 342 g/mol. The van der Waals surface area contributed by atoms with E-state index in [-0.39, 0.29) is 28.6 Å². The van der Waals surface area contributed by atoms with E-state index in [1.807, 2.05) is 0 Å². The zero-order valence-corrected chi connectivity index (χ0v) is 12.9. The van der Waals surface area contributed by atoms with Crippen LogP contribution in [0.1, 0.15) is 36.5 Å². The number of hydrazone groups is 1. The third kappa shape index (κ3) is 2.36. The number of benzene rings is 1. The smallest absolute Gasteiger partial charge is 0.439 e. The molecule has 0 spiro atoms. The number of fused-ring (bicyclic) bond motifs is 1. The number of amides is 1. The summed E-state index contributed by atoms with van der Waals surface area (Å²) in [6.45, 7) is 1.81. The van der Waals surface area contributed by atoms with Gasteiger partial charge in [-0.1, -0.05) is 19.1 Å². The summed E-state index contributed by atoms with van der Waals surface area (Å²) in [7, 11) is 0. The number of alkyl halides is 3. The van der Waals surface area contributed by atoms with Gasteiger partial charge in [-0.15, -0.1) is 0 Å². The molecule has 1 aromatic rings. The SMILES string of the molecule is C[C@@H]1CCC2=NN(C(=O)c3ccccc3O)[C@](O)(C(F)(F)F)[C@@H]2C1. The number of rotatable bonds is 1. The van der Waals surface area contributed by atoms with Crippen molar-refractivity contribution in [1.82, 2.24) is 5.01 Å². The van der Waals surface area contributed by atoms with Crippen LogP contribution in [0.15, 0.2) is 29.4 Å². The van der Waals surface area contributed by atoms with Crippen molar-refractivity contribution in [3.05, 3.63) is 29.8 Å². The number of halogens is 3. The summed E-state index contributed by atoms with van der Waals surface area (Å²) in [6.07, 6.45) is -4.02. The normalized spacial score (nSPS) is 30.0. The van der Waals surface area contributed by atoms with E-state index in [9.17, 15) is 28.2 Å². The van der Waals surface area contributed by atoms with Gasteiger partial charge in [0.05, 0.1) is 11.5 Å². The highest BCUT2D eigenvalue weighted by Crippen LogP contribution is 2.49. The van der Waals surface area contributed by atoms with Crippen molar-refractivity contribution < 1.29 is 28.2 Å². The first-order valence-electron chi connectivity index (χ1n) is 7.65. The molecule has 24 heavy (non-hydrogen) atoms. The van der Waals surface area contributed by atoms with E-state index in [1.165, 1.54) is 24.3 Å². The van der Waals surface area contributed by atoms with Crippen molar-refractivity contribution in [1.29, 1.82) is 0 Å². The number of phenolic OH excluding ortho intramolecular Hbond substituents is 1. The molecule has 3 rings (SSSR count). The first kappa shape index (κ1) is 16.8. The minimum atomic E-state index is -5.07. The molecule has 0 saturated heterocycles. The highest BCUT2D eigenvalue weighted by atomic mass is 19.4. The second-order valence-corrected chi connectivity index (χ2v) is 6.38. The number of hydrogen-bond acceptors (Lipinski definition) is 4. The molecule has 3 atom stereocenters. The topological polar surface area (TPSA) is 73.1 Å². The highest BCUT2D eigenvalue weighted by Gasteiger charge is 2.68. The molecule has 2 N–H and O–H groups in total. The molecule has 1 amide bonds. The molecule has 1 aliphatic heterocycles. The summed E-state index contributed by atoms with van der Waals surface area (Å²) in [5.74, 6) is -2.93. The number of aliphatic hydroxyl groups is 1. The number of phenols is 1. The minimum Gasteiger partial charge on any atom is -0.507 e. The van der Waals surface area contributed by atoms with Gasteiger partial charge in [0.1, 0.15) is 5.75 Å². The van der Waals surface area contributed by atoms with Gasteiger partial charge in [-0.05, 0) is 37.3 Å². The second-order valence-electron chi connectivity index (χ2n) is 6.38. The average Bonchev–Trinajstić information content (AvgIpc) is 2.81. The highest BCUT2D eigenvalue weighted by molar-refractivity contribution is 6.01. The van der Waals surface area contributed by atoms with Crippen LogP contribution in [-0.2, 0) is 0 Å². The van der Waals surface area contributed by atoms with Crippen LogP contribution >= 0.6 is 0 Å². The van der Waals surface area contributed by atoms with Gasteiger partial charge in [-0.3, -0.25) is 4.79 Å². The predicted molar refractivity (Wildman–Crippen MR) is 79.2 cm³/mol. The van der Waals surface area contributed by atoms with Crippen molar-refractivity contribution in [2.24, 2.45) is 16.9 Å². The molecule has 0 unspecified atom stereocenters. The van der Waals surface area contributed by atoms with E-state index in [0.29, 0.717) is 12.8 Å². The van der Waals surface area contributed by atoms with Crippen molar-refractivity contribution in [2.45, 2.75) is 38.1 Å². The van der Waals surface area contributed by atoms with Gasteiger partial charge in [0.15, 0.2) is 0 Å². The molecule has 130 valence electrons. The lowest BCUT2D eigenvalue weighted by atomic mass is 9.76.